The first-order valence-electron chi connectivity index (χ1n) is 8.95. The van der Waals surface area contributed by atoms with Crippen LogP contribution in [0.15, 0.2) is 27.7 Å². The van der Waals surface area contributed by atoms with Crippen molar-refractivity contribution in [1.29, 1.82) is 0 Å². The van der Waals surface area contributed by atoms with Gasteiger partial charge in [-0.2, -0.15) is 0 Å². The molecule has 0 aliphatic heterocycles. The maximum absolute atomic E-state index is 12.9. The fourth-order valence-electron chi connectivity index (χ4n) is 2.88. The van der Waals surface area contributed by atoms with Crippen LogP contribution in [0.5, 0.6) is 0 Å². The number of benzene rings is 1. The predicted octanol–water partition coefficient (Wildman–Crippen LogP) is 3.96. The number of hydrogen-bond acceptors (Lipinski definition) is 6. The number of fused-ring (bicyclic) bond motifs is 1. The zero-order valence-electron chi connectivity index (χ0n) is 16.5. The van der Waals surface area contributed by atoms with E-state index in [0.29, 0.717) is 26.3 Å². The molecule has 7 nitrogen and oxygen atoms in total. The number of amides is 1. The number of aryl methyl sites for hydroxylation is 3. The summed E-state index contributed by atoms with van der Waals surface area (Å²) in [6.07, 6.45) is 1.32. The number of rotatable bonds is 5. The van der Waals surface area contributed by atoms with Gasteiger partial charge in [-0.3, -0.25) is 14.2 Å². The Morgan fingerprint density at radius 1 is 1.24 bits per heavy atom. The molecular formula is C20H20BrN3O4S. The average Bonchev–Trinajstić information content (AvgIpc) is 2.99. The van der Waals surface area contributed by atoms with Gasteiger partial charge in [0.25, 0.3) is 5.56 Å². The van der Waals surface area contributed by atoms with E-state index in [0.717, 1.165) is 26.9 Å². The van der Waals surface area contributed by atoms with Crippen LogP contribution in [0.1, 0.15) is 33.3 Å². The molecule has 3 aromatic rings. The fourth-order valence-corrected chi connectivity index (χ4v) is 4.47. The molecule has 0 saturated carbocycles. The van der Waals surface area contributed by atoms with Crippen LogP contribution in [-0.2, 0) is 16.1 Å². The minimum Gasteiger partial charge on any atom is -0.462 e. The molecule has 2 heterocycles. The third-order valence-electron chi connectivity index (χ3n) is 4.55. The molecule has 0 unspecified atom stereocenters. The number of thiophene rings is 1. The minimum absolute atomic E-state index is 0.189. The molecular weight excluding hydrogens is 458 g/mol. The van der Waals surface area contributed by atoms with Gasteiger partial charge in [0, 0.05) is 4.47 Å². The molecule has 0 fully saturated rings. The molecule has 0 aliphatic carbocycles. The Kier molecular flexibility index (Phi) is 6.18. The van der Waals surface area contributed by atoms with Gasteiger partial charge in [-0.25, -0.2) is 9.78 Å². The Labute approximate surface area is 179 Å². The number of aromatic nitrogens is 2. The lowest BCUT2D eigenvalue weighted by molar-refractivity contribution is -0.116. The number of ether oxygens (including phenoxy) is 1. The summed E-state index contributed by atoms with van der Waals surface area (Å²) < 4.78 is 7.04. The van der Waals surface area contributed by atoms with Crippen LogP contribution in [0.2, 0.25) is 0 Å². The quantitative estimate of drug-likeness (QED) is 0.561. The topological polar surface area (TPSA) is 90.3 Å². The molecule has 0 spiro atoms. The summed E-state index contributed by atoms with van der Waals surface area (Å²) in [5.74, 6) is -0.827. The second kappa shape index (κ2) is 8.46. The minimum atomic E-state index is -0.476. The van der Waals surface area contributed by atoms with Crippen molar-refractivity contribution in [3.63, 3.8) is 0 Å². The van der Waals surface area contributed by atoms with Crippen molar-refractivity contribution in [1.82, 2.24) is 9.55 Å². The Bertz CT molecular complexity index is 1180. The maximum Gasteiger partial charge on any atom is 0.348 e. The first-order valence-corrected chi connectivity index (χ1v) is 10.6. The van der Waals surface area contributed by atoms with E-state index in [-0.39, 0.29) is 24.6 Å². The lowest BCUT2D eigenvalue weighted by atomic mass is 10.1. The van der Waals surface area contributed by atoms with Gasteiger partial charge >= 0.3 is 5.97 Å². The Morgan fingerprint density at radius 3 is 2.62 bits per heavy atom. The standard InChI is InChI=1S/C20H20BrN3O4S/c1-5-28-20(27)17-12(4)16-18(29-17)22-9-24(19(16)26)8-15(25)23-14-7-11(3)10(2)6-13(14)21/h6-7,9H,5,8H2,1-4H3,(H,23,25). The highest BCUT2D eigenvalue weighted by atomic mass is 79.9. The summed E-state index contributed by atoms with van der Waals surface area (Å²) in [6.45, 7) is 7.41. The van der Waals surface area contributed by atoms with E-state index in [1.807, 2.05) is 26.0 Å². The number of halogens is 1. The van der Waals surface area contributed by atoms with Crippen LogP contribution in [0.4, 0.5) is 5.69 Å². The number of nitrogens with zero attached hydrogens (tertiary/aromatic N) is 2. The van der Waals surface area contributed by atoms with Crippen LogP contribution in [0.3, 0.4) is 0 Å². The summed E-state index contributed by atoms with van der Waals surface area (Å²) in [6, 6.07) is 3.80. The van der Waals surface area contributed by atoms with Crippen LogP contribution in [0, 0.1) is 20.8 Å². The van der Waals surface area contributed by atoms with Crippen molar-refractivity contribution >= 4 is 55.0 Å². The molecule has 0 aliphatic rings. The van der Waals surface area contributed by atoms with Crippen molar-refractivity contribution in [3.8, 4) is 0 Å². The van der Waals surface area contributed by atoms with Crippen LogP contribution < -0.4 is 10.9 Å². The fraction of sp³-hybridized carbons (Fsp3) is 0.300. The monoisotopic (exact) mass is 477 g/mol. The zero-order valence-corrected chi connectivity index (χ0v) is 18.9. The van der Waals surface area contributed by atoms with E-state index in [2.05, 4.69) is 26.2 Å². The second-order valence-electron chi connectivity index (χ2n) is 6.60. The van der Waals surface area contributed by atoms with Gasteiger partial charge in [0.1, 0.15) is 16.3 Å². The van der Waals surface area contributed by atoms with E-state index in [4.69, 9.17) is 4.74 Å². The number of nitrogens with one attached hydrogen (secondary N) is 1. The van der Waals surface area contributed by atoms with Gasteiger partial charge in [-0.05, 0) is 72.4 Å². The maximum atomic E-state index is 12.9. The molecule has 0 bridgehead atoms. The number of hydrogen-bond donors (Lipinski definition) is 1. The number of carbonyl (C=O) groups is 2. The van der Waals surface area contributed by atoms with Gasteiger partial charge in [-0.1, -0.05) is 0 Å². The Hall–Kier alpha value is -2.52. The number of carbonyl (C=O) groups excluding carboxylic acids is 2. The van der Waals surface area contributed by atoms with Crippen molar-refractivity contribution < 1.29 is 14.3 Å². The number of anilines is 1. The second-order valence-corrected chi connectivity index (χ2v) is 8.45. The molecule has 1 aromatic carbocycles. The molecule has 0 radical (unpaired) electrons. The Morgan fingerprint density at radius 2 is 1.93 bits per heavy atom. The van der Waals surface area contributed by atoms with Gasteiger partial charge in [-0.15, -0.1) is 11.3 Å². The highest BCUT2D eigenvalue weighted by Gasteiger charge is 2.21. The molecule has 3 rings (SSSR count). The lowest BCUT2D eigenvalue weighted by Crippen LogP contribution is -2.28. The highest BCUT2D eigenvalue weighted by Crippen LogP contribution is 2.28. The molecule has 2 aromatic heterocycles. The molecule has 0 atom stereocenters. The van der Waals surface area contributed by atoms with E-state index in [1.54, 1.807) is 13.8 Å². The van der Waals surface area contributed by atoms with Crippen molar-refractivity contribution in [3.05, 3.63) is 54.9 Å². The highest BCUT2D eigenvalue weighted by molar-refractivity contribution is 9.10. The summed E-state index contributed by atoms with van der Waals surface area (Å²) in [5, 5.41) is 3.15. The van der Waals surface area contributed by atoms with Crippen LogP contribution in [0.25, 0.3) is 10.2 Å². The van der Waals surface area contributed by atoms with Crippen LogP contribution >= 0.6 is 27.3 Å². The smallest absolute Gasteiger partial charge is 0.348 e. The molecule has 152 valence electrons. The van der Waals surface area contributed by atoms with Crippen molar-refractivity contribution in [2.45, 2.75) is 34.2 Å². The zero-order chi connectivity index (χ0) is 21.3. The third-order valence-corrected chi connectivity index (χ3v) is 6.39. The summed E-state index contributed by atoms with van der Waals surface area (Å²) in [7, 11) is 0. The third kappa shape index (κ3) is 4.25. The first kappa shape index (κ1) is 21.2. The van der Waals surface area contributed by atoms with Crippen molar-refractivity contribution in [2.75, 3.05) is 11.9 Å². The van der Waals surface area contributed by atoms with Gasteiger partial charge in [0.15, 0.2) is 0 Å². The van der Waals surface area contributed by atoms with E-state index in [9.17, 15) is 14.4 Å². The predicted molar refractivity (Wildman–Crippen MR) is 117 cm³/mol. The van der Waals surface area contributed by atoms with E-state index < -0.39 is 5.97 Å². The summed E-state index contributed by atoms with van der Waals surface area (Å²) in [4.78, 5) is 42.5. The molecule has 9 heteroatoms. The Balaban J connectivity index is 1.89. The van der Waals surface area contributed by atoms with Crippen molar-refractivity contribution in [2.24, 2.45) is 0 Å². The van der Waals surface area contributed by atoms with Gasteiger partial charge < -0.3 is 10.1 Å². The van der Waals surface area contributed by atoms with E-state index in [1.165, 1.54) is 10.9 Å². The molecule has 0 saturated heterocycles. The molecule has 1 N–H and O–H groups in total. The van der Waals surface area contributed by atoms with Gasteiger partial charge in [0.05, 0.1) is 24.0 Å². The van der Waals surface area contributed by atoms with E-state index >= 15 is 0 Å². The number of esters is 1. The molecule has 29 heavy (non-hydrogen) atoms. The SMILES string of the molecule is CCOC(=O)c1sc2ncn(CC(=O)Nc3cc(C)c(C)cc3Br)c(=O)c2c1C. The molecule has 1 amide bonds. The summed E-state index contributed by atoms with van der Waals surface area (Å²) >= 11 is 4.56. The van der Waals surface area contributed by atoms with Crippen LogP contribution in [-0.4, -0.2) is 28.0 Å². The normalized spacial score (nSPS) is 10.9. The lowest BCUT2D eigenvalue weighted by Gasteiger charge is -2.11. The first-order chi connectivity index (χ1) is 13.7. The largest absolute Gasteiger partial charge is 0.462 e. The summed E-state index contributed by atoms with van der Waals surface area (Å²) in [5.41, 5.74) is 2.94. The average molecular weight is 478 g/mol. The van der Waals surface area contributed by atoms with Gasteiger partial charge in [0.2, 0.25) is 5.91 Å².